The van der Waals surface area contributed by atoms with Gasteiger partial charge < -0.3 is 4.57 Å². The fourth-order valence-electron chi connectivity index (χ4n) is 2.36. The van der Waals surface area contributed by atoms with Crippen LogP contribution in [0.4, 0.5) is 5.13 Å². The molecule has 8 nitrogen and oxygen atoms in total. The lowest BCUT2D eigenvalue weighted by molar-refractivity contribution is -0.115. The Balaban J connectivity index is 1.78. The lowest BCUT2D eigenvalue weighted by Gasteiger charge is -2.13. The summed E-state index contributed by atoms with van der Waals surface area (Å²) in [6, 6.07) is 3.79. The molecule has 0 bridgehead atoms. The first-order valence-corrected chi connectivity index (χ1v) is 9.93. The van der Waals surface area contributed by atoms with E-state index in [1.54, 1.807) is 12.4 Å². The lowest BCUT2D eigenvalue weighted by Crippen LogP contribution is -2.25. The largest absolute Gasteiger partial charge is 0.302 e. The first-order chi connectivity index (χ1) is 12.6. The molecule has 3 rings (SSSR count). The van der Waals surface area contributed by atoms with E-state index in [4.69, 9.17) is 0 Å². The van der Waals surface area contributed by atoms with Gasteiger partial charge in [-0.2, -0.15) is 0 Å². The molecule has 136 valence electrons. The topological polar surface area (TPSA) is 98.5 Å². The minimum atomic E-state index is -0.293. The van der Waals surface area contributed by atoms with Crippen LogP contribution in [-0.2, 0) is 11.3 Å². The van der Waals surface area contributed by atoms with Crippen molar-refractivity contribution in [3.05, 3.63) is 29.5 Å². The predicted molar refractivity (Wildman–Crippen MR) is 102 cm³/mol. The Kier molecular flexibility index (Phi) is 5.94. The summed E-state index contributed by atoms with van der Waals surface area (Å²) in [5.74, 6) is 0.664. The average molecular weight is 390 g/mol. The summed E-state index contributed by atoms with van der Waals surface area (Å²) in [6.07, 6.45) is 4.11. The fraction of sp³-hybridized carbons (Fsp3) is 0.375. The number of carbonyl (C=O) groups is 1. The number of thioether (sulfide) groups is 1. The molecule has 0 fully saturated rings. The van der Waals surface area contributed by atoms with Crippen molar-refractivity contribution < 1.29 is 4.79 Å². The minimum Gasteiger partial charge on any atom is -0.302 e. The molecule has 3 aromatic heterocycles. The van der Waals surface area contributed by atoms with Crippen LogP contribution in [0.15, 0.2) is 29.7 Å². The molecule has 1 amide bonds. The van der Waals surface area contributed by atoms with Gasteiger partial charge in [-0.15, -0.1) is 20.4 Å². The second-order valence-corrected chi connectivity index (χ2v) is 7.77. The Morgan fingerprint density at radius 3 is 2.62 bits per heavy atom. The van der Waals surface area contributed by atoms with E-state index in [0.717, 1.165) is 21.6 Å². The van der Waals surface area contributed by atoms with Crippen molar-refractivity contribution in [2.75, 3.05) is 5.32 Å². The van der Waals surface area contributed by atoms with E-state index in [1.807, 2.05) is 37.5 Å². The van der Waals surface area contributed by atoms with Crippen molar-refractivity contribution in [1.82, 2.24) is 29.9 Å². The van der Waals surface area contributed by atoms with Crippen LogP contribution in [0.3, 0.4) is 0 Å². The van der Waals surface area contributed by atoms with E-state index >= 15 is 0 Å². The Morgan fingerprint density at radius 1 is 1.23 bits per heavy atom. The Hall–Kier alpha value is -2.33. The van der Waals surface area contributed by atoms with Crippen LogP contribution in [0.2, 0.25) is 0 Å². The highest BCUT2D eigenvalue weighted by molar-refractivity contribution is 8.00. The minimum absolute atomic E-state index is 0.107. The van der Waals surface area contributed by atoms with Gasteiger partial charge in [-0.25, -0.2) is 0 Å². The number of hydrogen-bond acceptors (Lipinski definition) is 8. The first-order valence-electron chi connectivity index (χ1n) is 8.23. The zero-order valence-electron chi connectivity index (χ0n) is 14.7. The maximum Gasteiger partial charge on any atom is 0.239 e. The summed E-state index contributed by atoms with van der Waals surface area (Å²) in [5.41, 5.74) is 0.947. The Morgan fingerprint density at radius 2 is 2.00 bits per heavy atom. The highest BCUT2D eigenvalue weighted by Crippen LogP contribution is 2.29. The molecule has 0 saturated heterocycles. The maximum atomic E-state index is 12.6. The van der Waals surface area contributed by atoms with Crippen LogP contribution in [0, 0.1) is 6.92 Å². The van der Waals surface area contributed by atoms with Gasteiger partial charge in [0.2, 0.25) is 11.0 Å². The van der Waals surface area contributed by atoms with Gasteiger partial charge in [-0.1, -0.05) is 30.0 Å². The molecule has 0 aliphatic heterocycles. The summed E-state index contributed by atoms with van der Waals surface area (Å²) in [5, 5.41) is 21.0. The number of hydrogen-bond donors (Lipinski definition) is 1. The highest BCUT2D eigenvalue weighted by atomic mass is 32.2. The van der Waals surface area contributed by atoms with Crippen LogP contribution >= 0.6 is 23.1 Å². The van der Waals surface area contributed by atoms with Crippen molar-refractivity contribution in [1.29, 1.82) is 0 Å². The van der Waals surface area contributed by atoms with Gasteiger partial charge in [0.25, 0.3) is 0 Å². The zero-order chi connectivity index (χ0) is 18.5. The first kappa shape index (κ1) is 18.5. The van der Waals surface area contributed by atoms with E-state index in [-0.39, 0.29) is 11.2 Å². The van der Waals surface area contributed by atoms with Crippen molar-refractivity contribution in [2.45, 2.75) is 44.1 Å². The van der Waals surface area contributed by atoms with Gasteiger partial charge in [0.05, 0.1) is 5.25 Å². The number of anilines is 1. The number of nitrogens with one attached hydrogen (secondary N) is 1. The third-order valence-corrected chi connectivity index (χ3v) is 5.74. The molecule has 0 saturated carbocycles. The van der Waals surface area contributed by atoms with Crippen LogP contribution in [0.5, 0.6) is 0 Å². The molecule has 0 aliphatic rings. The van der Waals surface area contributed by atoms with Crippen LogP contribution in [0.25, 0.3) is 11.4 Å². The SMILES string of the molecule is CCC(Sc1nnc(-c2ccncc2)n1CC)C(=O)Nc1nnc(C)s1. The third-order valence-electron chi connectivity index (χ3n) is 3.64. The molecule has 3 heterocycles. The molecule has 1 N–H and O–H groups in total. The molecule has 10 heteroatoms. The average Bonchev–Trinajstić information content (AvgIpc) is 3.25. The van der Waals surface area contributed by atoms with E-state index in [2.05, 4.69) is 30.7 Å². The van der Waals surface area contributed by atoms with Gasteiger partial charge in [0, 0.05) is 24.5 Å². The number of amides is 1. The van der Waals surface area contributed by atoms with E-state index in [1.165, 1.54) is 23.1 Å². The highest BCUT2D eigenvalue weighted by Gasteiger charge is 2.23. The summed E-state index contributed by atoms with van der Waals surface area (Å²) in [7, 11) is 0. The smallest absolute Gasteiger partial charge is 0.239 e. The normalized spacial score (nSPS) is 12.1. The standard InChI is InChI=1S/C16H19N7OS2/c1-4-12(14(24)18-15-21-19-10(3)25-15)26-16-22-20-13(23(16)5-2)11-6-8-17-9-7-11/h6-9,12H,4-5H2,1-3H3,(H,18,21,24). The molecular weight excluding hydrogens is 370 g/mol. The predicted octanol–water partition coefficient (Wildman–Crippen LogP) is 3.03. The molecule has 1 unspecified atom stereocenters. The summed E-state index contributed by atoms with van der Waals surface area (Å²) in [4.78, 5) is 16.6. The number of pyridine rings is 1. The van der Waals surface area contributed by atoms with Crippen molar-refractivity contribution in [2.24, 2.45) is 0 Å². The second kappa shape index (κ2) is 8.37. The summed E-state index contributed by atoms with van der Waals surface area (Å²) >= 11 is 2.76. The van der Waals surface area contributed by atoms with Gasteiger partial charge in [0.15, 0.2) is 11.0 Å². The van der Waals surface area contributed by atoms with E-state index < -0.39 is 0 Å². The second-order valence-electron chi connectivity index (χ2n) is 5.42. The van der Waals surface area contributed by atoms with Crippen molar-refractivity contribution in [3.63, 3.8) is 0 Å². The van der Waals surface area contributed by atoms with Gasteiger partial charge in [-0.05, 0) is 32.4 Å². The molecule has 0 aliphatic carbocycles. The van der Waals surface area contributed by atoms with Gasteiger partial charge in [0.1, 0.15) is 5.01 Å². The number of carbonyl (C=O) groups excluding carboxylic acids is 1. The Labute approximate surface area is 159 Å². The molecular formula is C16H19N7OS2. The quantitative estimate of drug-likeness (QED) is 0.620. The zero-order valence-corrected chi connectivity index (χ0v) is 16.3. The molecule has 3 aromatic rings. The maximum absolute atomic E-state index is 12.6. The summed E-state index contributed by atoms with van der Waals surface area (Å²) < 4.78 is 2.00. The molecule has 0 spiro atoms. The number of rotatable bonds is 7. The van der Waals surface area contributed by atoms with E-state index in [0.29, 0.717) is 18.1 Å². The number of aromatic nitrogens is 6. The van der Waals surface area contributed by atoms with Gasteiger partial charge in [-0.3, -0.25) is 15.1 Å². The number of nitrogens with zero attached hydrogens (tertiary/aromatic N) is 6. The Bertz CT molecular complexity index is 878. The number of aryl methyl sites for hydroxylation is 1. The molecule has 0 aromatic carbocycles. The summed E-state index contributed by atoms with van der Waals surface area (Å²) in [6.45, 7) is 6.56. The van der Waals surface area contributed by atoms with Crippen molar-refractivity contribution in [3.8, 4) is 11.4 Å². The van der Waals surface area contributed by atoms with Crippen LogP contribution < -0.4 is 5.32 Å². The van der Waals surface area contributed by atoms with Gasteiger partial charge >= 0.3 is 0 Å². The molecule has 0 radical (unpaired) electrons. The third kappa shape index (κ3) is 4.07. The molecule has 26 heavy (non-hydrogen) atoms. The molecule has 1 atom stereocenters. The van der Waals surface area contributed by atoms with Crippen molar-refractivity contribution >= 4 is 34.1 Å². The monoisotopic (exact) mass is 389 g/mol. The van der Waals surface area contributed by atoms with Crippen LogP contribution in [-0.4, -0.2) is 41.1 Å². The van der Waals surface area contributed by atoms with E-state index in [9.17, 15) is 4.79 Å². The fourth-order valence-corrected chi connectivity index (χ4v) is 3.97. The van der Waals surface area contributed by atoms with Crippen LogP contribution in [0.1, 0.15) is 25.3 Å². The lowest BCUT2D eigenvalue weighted by atomic mass is 10.2.